The number of hydrogen-bond donors (Lipinski definition) is 0. The molecule has 2 aromatic rings. The van der Waals surface area contributed by atoms with Gasteiger partial charge in [0, 0.05) is 30.4 Å². The number of carbonyl (C=O) groups excluding carboxylic acids is 1. The highest BCUT2D eigenvalue weighted by molar-refractivity contribution is 7.15. The van der Waals surface area contributed by atoms with Gasteiger partial charge in [-0.2, -0.15) is 0 Å². The van der Waals surface area contributed by atoms with Crippen LogP contribution < -0.4 is 0 Å². The van der Waals surface area contributed by atoms with Crippen LogP contribution in [0, 0.1) is 6.92 Å². The molecule has 0 aromatic carbocycles. The lowest BCUT2D eigenvalue weighted by Gasteiger charge is -2.38. The quantitative estimate of drug-likeness (QED) is 0.840. The Balaban J connectivity index is 1.72. The number of aryl methyl sites for hydroxylation is 1. The average Bonchev–Trinajstić information content (AvgIpc) is 2.95. The minimum Gasteiger partial charge on any atom is -0.339 e. The lowest BCUT2D eigenvalue weighted by Crippen LogP contribution is -2.44. The van der Waals surface area contributed by atoms with Crippen LogP contribution in [0.15, 0.2) is 24.5 Å². The first-order chi connectivity index (χ1) is 10.5. The number of amides is 1. The molecule has 0 aliphatic carbocycles. The van der Waals surface area contributed by atoms with Gasteiger partial charge in [0.1, 0.15) is 9.34 Å². The highest BCUT2D eigenvalue weighted by Crippen LogP contribution is 2.38. The monoisotopic (exact) mass is 335 g/mol. The van der Waals surface area contributed by atoms with E-state index in [-0.39, 0.29) is 11.3 Å². The molecule has 2 aromatic heterocycles. The molecule has 0 N–H and O–H groups in total. The minimum absolute atomic E-state index is 0.0125. The molecule has 0 saturated carbocycles. The predicted molar refractivity (Wildman–Crippen MR) is 88.6 cm³/mol. The summed E-state index contributed by atoms with van der Waals surface area (Å²) in [6.45, 7) is 5.56. The largest absolute Gasteiger partial charge is 0.339 e. The van der Waals surface area contributed by atoms with E-state index in [1.165, 1.54) is 0 Å². The molecule has 0 bridgehead atoms. The van der Waals surface area contributed by atoms with Crippen LogP contribution in [0.5, 0.6) is 0 Å². The summed E-state index contributed by atoms with van der Waals surface area (Å²) < 4.78 is 0.723. The van der Waals surface area contributed by atoms with Gasteiger partial charge < -0.3 is 4.90 Å². The molecule has 1 saturated heterocycles. The van der Waals surface area contributed by atoms with Gasteiger partial charge in [0.25, 0.3) is 5.91 Å². The Morgan fingerprint density at radius 2 is 2.09 bits per heavy atom. The molecule has 4 nitrogen and oxygen atoms in total. The molecular formula is C16H18ClN3OS. The summed E-state index contributed by atoms with van der Waals surface area (Å²) in [4.78, 5) is 23.2. The zero-order chi connectivity index (χ0) is 15.7. The van der Waals surface area contributed by atoms with Crippen LogP contribution in [0.2, 0.25) is 4.34 Å². The number of nitrogens with zero attached hydrogens (tertiary/aromatic N) is 3. The second-order valence-electron chi connectivity index (χ2n) is 5.96. The summed E-state index contributed by atoms with van der Waals surface area (Å²) in [6, 6.07) is 3.66. The van der Waals surface area contributed by atoms with E-state index in [0.717, 1.165) is 41.0 Å². The van der Waals surface area contributed by atoms with Crippen LogP contribution in [-0.4, -0.2) is 33.9 Å². The van der Waals surface area contributed by atoms with Crippen molar-refractivity contribution in [2.24, 2.45) is 0 Å². The number of likely N-dealkylation sites (tertiary alicyclic amines) is 1. The smallest absolute Gasteiger partial charge is 0.255 e. The zero-order valence-corrected chi connectivity index (χ0v) is 14.2. The second kappa shape index (κ2) is 5.97. The third-order valence-electron chi connectivity index (χ3n) is 4.39. The lowest BCUT2D eigenvalue weighted by molar-refractivity contribution is 0.0674. The predicted octanol–water partition coefficient (Wildman–Crippen LogP) is 3.69. The van der Waals surface area contributed by atoms with Crippen LogP contribution >= 0.6 is 22.9 Å². The SMILES string of the molecule is Cc1ncccc1C(=O)N1CCC(C)(c2ncc(Cl)s2)CC1. The first-order valence-corrected chi connectivity index (χ1v) is 8.52. The van der Waals surface area contributed by atoms with Crippen molar-refractivity contribution < 1.29 is 4.79 Å². The third kappa shape index (κ3) is 2.88. The maximum Gasteiger partial charge on any atom is 0.255 e. The van der Waals surface area contributed by atoms with Gasteiger partial charge in [0.05, 0.1) is 11.8 Å². The Morgan fingerprint density at radius 1 is 1.36 bits per heavy atom. The number of piperidine rings is 1. The van der Waals surface area contributed by atoms with E-state index in [9.17, 15) is 4.79 Å². The number of hydrogen-bond acceptors (Lipinski definition) is 4. The maximum atomic E-state index is 12.6. The second-order valence-corrected chi connectivity index (χ2v) is 7.62. The lowest BCUT2D eigenvalue weighted by atomic mass is 9.81. The molecule has 0 unspecified atom stereocenters. The normalized spacial score (nSPS) is 17.5. The molecule has 3 rings (SSSR count). The molecule has 116 valence electrons. The topological polar surface area (TPSA) is 46.1 Å². The van der Waals surface area contributed by atoms with Gasteiger partial charge in [-0.05, 0) is 31.9 Å². The van der Waals surface area contributed by atoms with Crippen molar-refractivity contribution in [1.82, 2.24) is 14.9 Å². The summed E-state index contributed by atoms with van der Waals surface area (Å²) >= 11 is 7.55. The van der Waals surface area contributed by atoms with Crippen LogP contribution in [0.1, 0.15) is 40.8 Å². The minimum atomic E-state index is 0.0125. The van der Waals surface area contributed by atoms with E-state index < -0.39 is 0 Å². The molecule has 0 spiro atoms. The number of halogens is 1. The third-order valence-corrected chi connectivity index (χ3v) is 5.81. The van der Waals surface area contributed by atoms with Crippen molar-refractivity contribution in [2.75, 3.05) is 13.1 Å². The van der Waals surface area contributed by atoms with Gasteiger partial charge in [-0.3, -0.25) is 9.78 Å². The highest BCUT2D eigenvalue weighted by atomic mass is 35.5. The van der Waals surface area contributed by atoms with Gasteiger partial charge >= 0.3 is 0 Å². The van der Waals surface area contributed by atoms with Gasteiger partial charge in [-0.1, -0.05) is 18.5 Å². The Kier molecular flexibility index (Phi) is 4.19. The summed E-state index contributed by atoms with van der Waals surface area (Å²) in [6.07, 6.45) is 5.23. The van der Waals surface area contributed by atoms with E-state index in [2.05, 4.69) is 16.9 Å². The molecule has 0 atom stereocenters. The maximum absolute atomic E-state index is 12.6. The van der Waals surface area contributed by atoms with E-state index >= 15 is 0 Å². The number of thiazole rings is 1. The van der Waals surface area contributed by atoms with Crippen molar-refractivity contribution in [1.29, 1.82) is 0 Å². The van der Waals surface area contributed by atoms with E-state index in [4.69, 9.17) is 11.6 Å². The Morgan fingerprint density at radius 3 is 2.68 bits per heavy atom. The number of rotatable bonds is 2. The molecule has 22 heavy (non-hydrogen) atoms. The first kappa shape index (κ1) is 15.4. The summed E-state index contributed by atoms with van der Waals surface area (Å²) in [5.74, 6) is 0.0739. The van der Waals surface area contributed by atoms with Crippen molar-refractivity contribution in [3.8, 4) is 0 Å². The zero-order valence-electron chi connectivity index (χ0n) is 12.7. The Labute approximate surface area is 139 Å². The van der Waals surface area contributed by atoms with Crippen LogP contribution in [0.3, 0.4) is 0 Å². The standard InChI is InChI=1S/C16H18ClN3OS/c1-11-12(4-3-7-18-11)14(21)20-8-5-16(2,6-9-20)15-19-10-13(17)22-15/h3-4,7,10H,5-6,8-9H2,1-2H3. The molecule has 6 heteroatoms. The van der Waals surface area contributed by atoms with Gasteiger partial charge in [-0.15, -0.1) is 11.3 Å². The van der Waals surface area contributed by atoms with Crippen LogP contribution in [-0.2, 0) is 5.41 Å². The van der Waals surface area contributed by atoms with Gasteiger partial charge in [-0.25, -0.2) is 4.98 Å². The van der Waals surface area contributed by atoms with Crippen molar-refractivity contribution in [2.45, 2.75) is 32.1 Å². The van der Waals surface area contributed by atoms with Crippen LogP contribution in [0.25, 0.3) is 0 Å². The van der Waals surface area contributed by atoms with Crippen molar-refractivity contribution in [3.05, 3.63) is 45.1 Å². The average molecular weight is 336 g/mol. The molecule has 0 radical (unpaired) electrons. The van der Waals surface area contributed by atoms with E-state index in [1.54, 1.807) is 23.7 Å². The Hall–Kier alpha value is -1.46. The fourth-order valence-corrected chi connectivity index (χ4v) is 3.95. The van der Waals surface area contributed by atoms with Crippen molar-refractivity contribution in [3.63, 3.8) is 0 Å². The van der Waals surface area contributed by atoms with E-state index in [0.29, 0.717) is 5.56 Å². The van der Waals surface area contributed by atoms with Gasteiger partial charge in [0.15, 0.2) is 0 Å². The summed E-state index contributed by atoms with van der Waals surface area (Å²) in [7, 11) is 0. The first-order valence-electron chi connectivity index (χ1n) is 7.32. The number of pyridine rings is 1. The van der Waals surface area contributed by atoms with E-state index in [1.807, 2.05) is 24.0 Å². The number of aromatic nitrogens is 2. The highest BCUT2D eigenvalue weighted by Gasteiger charge is 2.36. The number of carbonyl (C=O) groups is 1. The van der Waals surface area contributed by atoms with Crippen molar-refractivity contribution >= 4 is 28.8 Å². The fraction of sp³-hybridized carbons (Fsp3) is 0.438. The molecule has 3 heterocycles. The Bertz CT molecular complexity index is 692. The fourth-order valence-electron chi connectivity index (χ4n) is 2.83. The molecule has 1 aliphatic heterocycles. The van der Waals surface area contributed by atoms with Crippen LogP contribution in [0.4, 0.5) is 0 Å². The van der Waals surface area contributed by atoms with Gasteiger partial charge in [0.2, 0.25) is 0 Å². The summed E-state index contributed by atoms with van der Waals surface area (Å²) in [5.41, 5.74) is 1.49. The molecule has 1 fully saturated rings. The molecular weight excluding hydrogens is 318 g/mol. The molecule has 1 amide bonds. The molecule has 1 aliphatic rings. The summed E-state index contributed by atoms with van der Waals surface area (Å²) in [5, 5.41) is 1.07.